The highest BCUT2D eigenvalue weighted by atomic mass is 16.2. The van der Waals surface area contributed by atoms with Crippen molar-refractivity contribution in [3.63, 3.8) is 0 Å². The fourth-order valence-corrected chi connectivity index (χ4v) is 6.11. The Morgan fingerprint density at radius 3 is 2.18 bits per heavy atom. The maximum absolute atomic E-state index is 12.7. The molecule has 0 aromatic carbocycles. The average molecular weight is 389 g/mol. The summed E-state index contributed by atoms with van der Waals surface area (Å²) in [5.74, 6) is 2.34. The predicted molar refractivity (Wildman–Crippen MR) is 112 cm³/mol. The molecule has 5 unspecified atom stereocenters. The van der Waals surface area contributed by atoms with E-state index in [2.05, 4.69) is 6.92 Å². The van der Waals surface area contributed by atoms with Crippen LogP contribution < -0.4 is 0 Å². The van der Waals surface area contributed by atoms with E-state index in [4.69, 9.17) is 0 Å². The van der Waals surface area contributed by atoms with Gasteiger partial charge in [-0.25, -0.2) is 0 Å². The van der Waals surface area contributed by atoms with E-state index < -0.39 is 0 Å². The number of carbonyl (C=O) groups excluding carboxylic acids is 3. The molecule has 3 heteroatoms. The van der Waals surface area contributed by atoms with Gasteiger partial charge < -0.3 is 0 Å². The largest absolute Gasteiger partial charge is 0.299 e. The van der Waals surface area contributed by atoms with Gasteiger partial charge in [0, 0.05) is 24.7 Å². The van der Waals surface area contributed by atoms with Gasteiger partial charge in [0.05, 0.1) is 0 Å². The van der Waals surface area contributed by atoms with Crippen molar-refractivity contribution in [2.24, 2.45) is 29.6 Å². The maximum atomic E-state index is 12.7. The Balaban J connectivity index is 1.41. The summed E-state index contributed by atoms with van der Waals surface area (Å²) in [7, 11) is 0. The second-order valence-electron chi connectivity index (χ2n) is 10.1. The summed E-state index contributed by atoms with van der Waals surface area (Å²) < 4.78 is 0. The molecule has 3 aliphatic carbocycles. The molecule has 0 aromatic heterocycles. The second kappa shape index (κ2) is 10.7. The summed E-state index contributed by atoms with van der Waals surface area (Å²) in [6.07, 6.45) is 16.3. The summed E-state index contributed by atoms with van der Waals surface area (Å²) in [6, 6.07) is 0. The summed E-state index contributed by atoms with van der Waals surface area (Å²) in [4.78, 5) is 37.8. The van der Waals surface area contributed by atoms with Crippen LogP contribution in [0.4, 0.5) is 0 Å². The van der Waals surface area contributed by atoms with Crippen LogP contribution in [0, 0.1) is 29.6 Å². The van der Waals surface area contributed by atoms with E-state index in [0.29, 0.717) is 24.5 Å². The topological polar surface area (TPSA) is 51.2 Å². The zero-order valence-electron chi connectivity index (χ0n) is 17.9. The molecule has 3 rings (SSSR count). The lowest BCUT2D eigenvalue weighted by atomic mass is 9.75. The van der Waals surface area contributed by atoms with Gasteiger partial charge in [0.15, 0.2) is 5.78 Å². The van der Waals surface area contributed by atoms with E-state index in [9.17, 15) is 14.4 Å². The number of rotatable bonds is 7. The van der Waals surface area contributed by atoms with Crippen LogP contribution in [0.2, 0.25) is 0 Å². The van der Waals surface area contributed by atoms with Gasteiger partial charge in [0.2, 0.25) is 5.78 Å². The monoisotopic (exact) mass is 388 g/mol. The van der Waals surface area contributed by atoms with Gasteiger partial charge in [0.25, 0.3) is 0 Å². The fourth-order valence-electron chi connectivity index (χ4n) is 6.11. The van der Waals surface area contributed by atoms with Crippen molar-refractivity contribution in [3.05, 3.63) is 0 Å². The lowest BCUT2D eigenvalue weighted by Crippen LogP contribution is -2.27. The highest BCUT2D eigenvalue weighted by Gasteiger charge is 2.34. The Morgan fingerprint density at radius 2 is 1.36 bits per heavy atom. The highest BCUT2D eigenvalue weighted by molar-refractivity contribution is 6.37. The third kappa shape index (κ3) is 6.00. The van der Waals surface area contributed by atoms with Crippen LogP contribution in [0.15, 0.2) is 0 Å². The molecule has 0 aromatic rings. The van der Waals surface area contributed by atoms with Crippen LogP contribution in [0.1, 0.15) is 110 Å². The predicted octanol–water partition coefficient (Wildman–Crippen LogP) is 6.08. The molecule has 0 saturated heterocycles. The van der Waals surface area contributed by atoms with Crippen LogP contribution in [-0.4, -0.2) is 17.3 Å². The summed E-state index contributed by atoms with van der Waals surface area (Å²) in [5, 5.41) is 0. The Labute approximate surface area is 171 Å². The van der Waals surface area contributed by atoms with Crippen molar-refractivity contribution >= 4 is 17.3 Å². The summed E-state index contributed by atoms with van der Waals surface area (Å²) in [5.41, 5.74) is 0. The van der Waals surface area contributed by atoms with Crippen molar-refractivity contribution in [1.29, 1.82) is 0 Å². The van der Waals surface area contributed by atoms with Crippen molar-refractivity contribution < 1.29 is 14.4 Å². The van der Waals surface area contributed by atoms with Crippen LogP contribution in [0.3, 0.4) is 0 Å². The van der Waals surface area contributed by atoms with Gasteiger partial charge in [-0.1, -0.05) is 64.7 Å². The molecule has 0 spiro atoms. The first-order valence-corrected chi connectivity index (χ1v) is 12.1. The SMILES string of the molecule is CC1CCCC(C(=O)CCCC(=O)C(=O)C2CCCC3CCCCC3C2)CC1. The smallest absolute Gasteiger partial charge is 0.201 e. The Bertz CT molecular complexity index is 552. The number of ketones is 3. The van der Waals surface area contributed by atoms with Gasteiger partial charge in [0.1, 0.15) is 5.78 Å². The molecule has 0 radical (unpaired) electrons. The minimum atomic E-state index is -0.207. The van der Waals surface area contributed by atoms with Crippen LogP contribution in [-0.2, 0) is 14.4 Å². The first kappa shape index (κ1) is 21.7. The minimum Gasteiger partial charge on any atom is -0.299 e. The Kier molecular flexibility index (Phi) is 8.29. The average Bonchev–Trinajstić information content (AvgIpc) is 3.05. The first-order valence-electron chi connectivity index (χ1n) is 12.1. The van der Waals surface area contributed by atoms with E-state index in [0.717, 1.165) is 56.8 Å². The molecule has 0 amide bonds. The zero-order valence-corrected chi connectivity index (χ0v) is 17.9. The molecule has 0 heterocycles. The molecule has 3 nitrogen and oxygen atoms in total. The molecule has 0 aliphatic heterocycles. The summed E-state index contributed by atoms with van der Waals surface area (Å²) in [6.45, 7) is 2.28. The highest BCUT2D eigenvalue weighted by Crippen LogP contribution is 2.41. The minimum absolute atomic E-state index is 0.0420. The van der Waals surface area contributed by atoms with Crippen LogP contribution in [0.25, 0.3) is 0 Å². The van der Waals surface area contributed by atoms with Gasteiger partial charge in [-0.05, 0) is 49.9 Å². The number of fused-ring (bicyclic) bond motifs is 1. The van der Waals surface area contributed by atoms with E-state index in [1.165, 1.54) is 38.5 Å². The lowest BCUT2D eigenvalue weighted by Gasteiger charge is -2.30. The van der Waals surface area contributed by atoms with Crippen molar-refractivity contribution in [2.45, 2.75) is 110 Å². The van der Waals surface area contributed by atoms with E-state index in [-0.39, 0.29) is 29.8 Å². The Hall–Kier alpha value is -0.990. The molecule has 0 bridgehead atoms. The van der Waals surface area contributed by atoms with Gasteiger partial charge in [-0.2, -0.15) is 0 Å². The fraction of sp³-hybridized carbons (Fsp3) is 0.880. The molecule has 0 N–H and O–H groups in total. The molecule has 158 valence electrons. The number of hydrogen-bond acceptors (Lipinski definition) is 3. The number of hydrogen-bond donors (Lipinski definition) is 0. The van der Waals surface area contributed by atoms with Crippen molar-refractivity contribution in [3.8, 4) is 0 Å². The first-order chi connectivity index (χ1) is 13.5. The standard InChI is InChI=1S/C25H40O3/c1-18-7-4-11-20(16-15-18)23(26)13-6-14-24(27)25(28)22-12-5-10-19-8-2-3-9-21(19)17-22/h18-22H,2-17H2,1H3. The second-order valence-corrected chi connectivity index (χ2v) is 10.1. The molecular formula is C25H40O3. The summed E-state index contributed by atoms with van der Waals surface area (Å²) >= 11 is 0. The Morgan fingerprint density at radius 1 is 0.679 bits per heavy atom. The van der Waals surface area contributed by atoms with E-state index >= 15 is 0 Å². The van der Waals surface area contributed by atoms with Gasteiger partial charge in [-0.3, -0.25) is 14.4 Å². The lowest BCUT2D eigenvalue weighted by molar-refractivity contribution is -0.139. The van der Waals surface area contributed by atoms with E-state index in [1.807, 2.05) is 0 Å². The molecule has 5 atom stereocenters. The van der Waals surface area contributed by atoms with E-state index in [1.54, 1.807) is 0 Å². The van der Waals surface area contributed by atoms with Crippen LogP contribution in [0.5, 0.6) is 0 Å². The number of Topliss-reactive ketones (excluding diaryl/α,β-unsaturated/α-hetero) is 3. The molecule has 3 aliphatic rings. The quantitative estimate of drug-likeness (QED) is 0.392. The van der Waals surface area contributed by atoms with Gasteiger partial charge >= 0.3 is 0 Å². The zero-order chi connectivity index (χ0) is 19.9. The normalized spacial score (nSPS) is 34.0. The van der Waals surface area contributed by atoms with Crippen molar-refractivity contribution in [2.75, 3.05) is 0 Å². The molecule has 28 heavy (non-hydrogen) atoms. The molecule has 3 fully saturated rings. The third-order valence-electron chi connectivity index (χ3n) is 7.97. The van der Waals surface area contributed by atoms with Crippen LogP contribution >= 0.6 is 0 Å². The maximum Gasteiger partial charge on any atom is 0.201 e. The molecule has 3 saturated carbocycles. The molecular weight excluding hydrogens is 348 g/mol. The van der Waals surface area contributed by atoms with Crippen molar-refractivity contribution in [1.82, 2.24) is 0 Å². The number of carbonyl (C=O) groups is 3. The van der Waals surface area contributed by atoms with Gasteiger partial charge in [-0.15, -0.1) is 0 Å². The third-order valence-corrected chi connectivity index (χ3v) is 7.97.